The van der Waals surface area contributed by atoms with E-state index in [9.17, 15) is 9.59 Å². The van der Waals surface area contributed by atoms with Crippen molar-refractivity contribution in [3.8, 4) is 5.69 Å². The first kappa shape index (κ1) is 20.5. The van der Waals surface area contributed by atoms with E-state index >= 15 is 0 Å². The third kappa shape index (κ3) is 3.48. The minimum absolute atomic E-state index is 0.130. The smallest absolute Gasteiger partial charge is 0.337 e. The third-order valence-corrected chi connectivity index (χ3v) is 6.17. The number of imidazole rings is 1. The van der Waals surface area contributed by atoms with E-state index in [1.807, 2.05) is 66.9 Å². The van der Waals surface area contributed by atoms with E-state index in [0.717, 1.165) is 35.2 Å². The van der Waals surface area contributed by atoms with Crippen LogP contribution in [-0.4, -0.2) is 31.4 Å². The van der Waals surface area contributed by atoms with Gasteiger partial charge < -0.3 is 9.30 Å². The molecule has 7 heteroatoms. The second-order valence-electron chi connectivity index (χ2n) is 8.44. The summed E-state index contributed by atoms with van der Waals surface area (Å²) in [6, 6.07) is 15.8. The first-order valence-corrected chi connectivity index (χ1v) is 11.0. The van der Waals surface area contributed by atoms with E-state index in [-0.39, 0.29) is 23.9 Å². The molecule has 1 fully saturated rings. The van der Waals surface area contributed by atoms with Gasteiger partial charge >= 0.3 is 5.69 Å². The highest BCUT2D eigenvalue weighted by Crippen LogP contribution is 2.21. The number of nitrogens with zero attached hydrogens (tertiary/aromatic N) is 4. The van der Waals surface area contributed by atoms with Gasteiger partial charge in [-0.15, -0.1) is 0 Å². The SMILES string of the molecule is Cc1cccc(C)c1-n1c(=O)n(C[C@@H]2CCCO2)c(=O)c2c1ncn2Cc1ccccc1. The highest BCUT2D eigenvalue weighted by atomic mass is 16.5. The number of para-hydroxylation sites is 1. The molecule has 0 bridgehead atoms. The number of aryl methyl sites for hydroxylation is 2. The van der Waals surface area contributed by atoms with Crippen LogP contribution in [0.4, 0.5) is 0 Å². The van der Waals surface area contributed by atoms with E-state index in [0.29, 0.717) is 24.3 Å². The van der Waals surface area contributed by atoms with Crippen LogP contribution in [0.5, 0.6) is 0 Å². The predicted octanol–water partition coefficient (Wildman–Crippen LogP) is 3.19. The summed E-state index contributed by atoms with van der Waals surface area (Å²) in [6.07, 6.45) is 3.31. The topological polar surface area (TPSA) is 71.1 Å². The van der Waals surface area contributed by atoms with Crippen molar-refractivity contribution in [1.29, 1.82) is 0 Å². The maximum Gasteiger partial charge on any atom is 0.337 e. The van der Waals surface area contributed by atoms with Gasteiger partial charge in [0.25, 0.3) is 5.56 Å². The van der Waals surface area contributed by atoms with E-state index < -0.39 is 0 Å². The summed E-state index contributed by atoms with van der Waals surface area (Å²) in [5.41, 5.74) is 3.85. The molecule has 1 atom stereocenters. The molecule has 1 saturated heterocycles. The van der Waals surface area contributed by atoms with Crippen molar-refractivity contribution in [3.63, 3.8) is 0 Å². The normalized spacial score (nSPS) is 16.1. The molecule has 1 aliphatic heterocycles. The van der Waals surface area contributed by atoms with Gasteiger partial charge in [0, 0.05) is 13.2 Å². The Morgan fingerprint density at radius 3 is 2.47 bits per heavy atom. The quantitative estimate of drug-likeness (QED) is 0.488. The van der Waals surface area contributed by atoms with Crippen molar-refractivity contribution >= 4 is 11.2 Å². The molecule has 3 heterocycles. The molecular weight excluding hydrogens is 404 g/mol. The molecule has 0 unspecified atom stereocenters. The Morgan fingerprint density at radius 2 is 1.78 bits per heavy atom. The largest absolute Gasteiger partial charge is 0.376 e. The van der Waals surface area contributed by atoms with Gasteiger partial charge in [0.1, 0.15) is 0 Å². The van der Waals surface area contributed by atoms with Crippen molar-refractivity contribution in [2.45, 2.75) is 45.9 Å². The van der Waals surface area contributed by atoms with E-state index in [2.05, 4.69) is 4.98 Å². The first-order chi connectivity index (χ1) is 15.5. The van der Waals surface area contributed by atoms with Crippen LogP contribution in [0.1, 0.15) is 29.5 Å². The highest BCUT2D eigenvalue weighted by molar-refractivity contribution is 5.73. The summed E-state index contributed by atoms with van der Waals surface area (Å²) >= 11 is 0. The molecule has 0 saturated carbocycles. The molecule has 7 nitrogen and oxygen atoms in total. The van der Waals surface area contributed by atoms with Gasteiger partial charge in [-0.1, -0.05) is 48.5 Å². The summed E-state index contributed by atoms with van der Waals surface area (Å²) in [4.78, 5) is 31.8. The minimum Gasteiger partial charge on any atom is -0.376 e. The molecule has 0 aliphatic carbocycles. The van der Waals surface area contributed by atoms with Gasteiger partial charge in [0.2, 0.25) is 0 Å². The maximum atomic E-state index is 13.7. The molecular formula is C25H26N4O3. The van der Waals surface area contributed by atoms with E-state index in [1.54, 1.807) is 10.9 Å². The lowest BCUT2D eigenvalue weighted by molar-refractivity contribution is 0.0950. The number of fused-ring (bicyclic) bond motifs is 1. The first-order valence-electron chi connectivity index (χ1n) is 11.0. The van der Waals surface area contributed by atoms with Gasteiger partial charge in [-0.25, -0.2) is 14.3 Å². The number of hydrogen-bond donors (Lipinski definition) is 0. The Balaban J connectivity index is 1.78. The fraction of sp³-hybridized carbons (Fsp3) is 0.320. The zero-order valence-corrected chi connectivity index (χ0v) is 18.3. The van der Waals surface area contributed by atoms with E-state index in [4.69, 9.17) is 4.74 Å². The molecule has 4 aromatic rings. The third-order valence-electron chi connectivity index (χ3n) is 6.17. The Hall–Kier alpha value is -3.45. The molecule has 164 valence electrons. The molecule has 32 heavy (non-hydrogen) atoms. The monoisotopic (exact) mass is 430 g/mol. The Kier molecular flexibility index (Phi) is 5.27. The average molecular weight is 431 g/mol. The molecule has 0 spiro atoms. The number of rotatable bonds is 5. The van der Waals surface area contributed by atoms with Crippen LogP contribution in [0.2, 0.25) is 0 Å². The molecule has 2 aromatic heterocycles. The fourth-order valence-electron chi connectivity index (χ4n) is 4.59. The Labute approximate surface area is 185 Å². The van der Waals surface area contributed by atoms with Crippen LogP contribution in [0, 0.1) is 13.8 Å². The van der Waals surface area contributed by atoms with Crippen molar-refractivity contribution in [2.75, 3.05) is 6.61 Å². The number of aromatic nitrogens is 4. The second kappa shape index (κ2) is 8.24. The van der Waals surface area contributed by atoms with Crippen molar-refractivity contribution < 1.29 is 4.74 Å². The van der Waals surface area contributed by atoms with Crippen LogP contribution >= 0.6 is 0 Å². The molecule has 0 radical (unpaired) electrons. The van der Waals surface area contributed by atoms with Crippen molar-refractivity contribution in [1.82, 2.24) is 18.7 Å². The van der Waals surface area contributed by atoms with Crippen molar-refractivity contribution in [2.24, 2.45) is 0 Å². The van der Waals surface area contributed by atoms with Crippen LogP contribution in [0.3, 0.4) is 0 Å². The Bertz CT molecular complexity index is 1370. The van der Waals surface area contributed by atoms with Gasteiger partial charge in [-0.3, -0.25) is 9.36 Å². The van der Waals surface area contributed by atoms with Crippen LogP contribution in [-0.2, 0) is 17.8 Å². The zero-order valence-electron chi connectivity index (χ0n) is 18.3. The lowest BCUT2D eigenvalue weighted by Crippen LogP contribution is -2.42. The number of benzene rings is 2. The van der Waals surface area contributed by atoms with Gasteiger partial charge in [0.05, 0.1) is 24.7 Å². The summed E-state index contributed by atoms with van der Waals surface area (Å²) in [6.45, 7) is 5.35. The number of hydrogen-bond acceptors (Lipinski definition) is 4. The van der Waals surface area contributed by atoms with Crippen LogP contribution < -0.4 is 11.2 Å². The summed E-state index contributed by atoms with van der Waals surface area (Å²) in [5.74, 6) is 0. The summed E-state index contributed by atoms with van der Waals surface area (Å²) in [5, 5.41) is 0. The Morgan fingerprint density at radius 1 is 1.03 bits per heavy atom. The van der Waals surface area contributed by atoms with Gasteiger partial charge in [0.15, 0.2) is 11.2 Å². The van der Waals surface area contributed by atoms with Gasteiger partial charge in [-0.2, -0.15) is 0 Å². The number of ether oxygens (including phenoxy) is 1. The highest BCUT2D eigenvalue weighted by Gasteiger charge is 2.24. The molecule has 0 amide bonds. The summed E-state index contributed by atoms with van der Waals surface area (Å²) < 4.78 is 10.5. The molecule has 5 rings (SSSR count). The zero-order chi connectivity index (χ0) is 22.2. The van der Waals surface area contributed by atoms with E-state index in [1.165, 1.54) is 4.57 Å². The summed E-state index contributed by atoms with van der Waals surface area (Å²) in [7, 11) is 0. The molecule has 2 aromatic carbocycles. The minimum atomic E-state index is -0.375. The van der Waals surface area contributed by atoms with Crippen molar-refractivity contribution in [3.05, 3.63) is 92.4 Å². The van der Waals surface area contributed by atoms with Gasteiger partial charge in [-0.05, 0) is 43.4 Å². The molecule has 1 aliphatic rings. The predicted molar refractivity (Wildman–Crippen MR) is 124 cm³/mol. The van der Waals surface area contributed by atoms with Crippen LogP contribution in [0.25, 0.3) is 16.9 Å². The lowest BCUT2D eigenvalue weighted by Gasteiger charge is -2.17. The standard InChI is InChI=1S/C25H26N4O3/c1-17-8-6-9-18(2)21(17)29-23-22(27(16-26-23)14-19-10-4-3-5-11-19)24(30)28(25(29)31)15-20-12-7-13-32-20/h3-6,8-11,16,20H,7,12-15H2,1-2H3/t20-/m0/s1. The second-order valence-corrected chi connectivity index (χ2v) is 8.44. The lowest BCUT2D eigenvalue weighted by atomic mass is 10.1. The van der Waals surface area contributed by atoms with Crippen LogP contribution in [0.15, 0.2) is 64.4 Å². The molecule has 0 N–H and O–H groups in total. The maximum absolute atomic E-state index is 13.7. The average Bonchev–Trinajstić information content (AvgIpc) is 3.44. The fourth-order valence-corrected chi connectivity index (χ4v) is 4.59.